The number of fused-ring (bicyclic) bond motifs is 1. The first kappa shape index (κ1) is 52.2. The molecule has 64 heavy (non-hydrogen) atoms. The number of halogens is 2. The quantitative estimate of drug-likeness (QED) is 0.0304. The molecule has 2 saturated heterocycles. The number of rotatable bonds is 29. The molecule has 13 nitrogen and oxygen atoms in total. The van der Waals surface area contributed by atoms with Crippen LogP contribution in [0.4, 0.5) is 8.78 Å². The number of primary amides is 1. The Balaban J connectivity index is 1.22. The Morgan fingerprint density at radius 1 is 0.875 bits per heavy atom. The number of amides is 5. The van der Waals surface area contributed by atoms with Gasteiger partial charge in [0.1, 0.15) is 18.1 Å². The van der Waals surface area contributed by atoms with Gasteiger partial charge in [-0.25, -0.2) is 0 Å². The van der Waals surface area contributed by atoms with Crippen LogP contribution in [0.15, 0.2) is 60.7 Å². The normalized spacial score (nSPS) is 19.1. The van der Waals surface area contributed by atoms with E-state index in [1.807, 2.05) is 30.3 Å². The number of carbonyl (C=O) groups excluding carboxylic acids is 5. The summed E-state index contributed by atoms with van der Waals surface area (Å²) in [6, 6.07) is 10.6. The van der Waals surface area contributed by atoms with Crippen molar-refractivity contribution in [3.05, 3.63) is 77.4 Å². The third-order valence-electron chi connectivity index (χ3n) is 12.1. The van der Waals surface area contributed by atoms with Gasteiger partial charge in [-0.15, -0.1) is 0 Å². The van der Waals surface area contributed by atoms with Crippen LogP contribution in [0.3, 0.4) is 0 Å². The van der Waals surface area contributed by atoms with Crippen LogP contribution in [0.1, 0.15) is 158 Å². The summed E-state index contributed by atoms with van der Waals surface area (Å²) in [6.45, 7) is 2.18. The lowest BCUT2D eigenvalue weighted by atomic mass is 10.0. The van der Waals surface area contributed by atoms with Gasteiger partial charge in [-0.3, -0.25) is 28.5 Å². The van der Waals surface area contributed by atoms with Gasteiger partial charge in [0.2, 0.25) is 29.5 Å². The lowest BCUT2D eigenvalue weighted by Crippen LogP contribution is -2.57. The maximum Gasteiger partial charge on any atom is 0.401 e. The number of benzene rings is 2. The molecule has 4 rings (SSSR count). The number of nitrogens with two attached hydrogens (primary N) is 1. The number of alkyl halides is 2. The van der Waals surface area contributed by atoms with Gasteiger partial charge in [0, 0.05) is 30.6 Å². The fraction of sp³-hybridized carbons (Fsp3) is 0.604. The van der Waals surface area contributed by atoms with Gasteiger partial charge in [-0.2, -0.15) is 8.78 Å². The molecular weight excluding hydrogens is 844 g/mol. The van der Waals surface area contributed by atoms with Gasteiger partial charge in [-0.05, 0) is 62.1 Å². The molecule has 0 aromatic heterocycles. The second-order valence-electron chi connectivity index (χ2n) is 17.2. The highest BCUT2D eigenvalue weighted by molar-refractivity contribution is 7.53. The van der Waals surface area contributed by atoms with Crippen LogP contribution < -0.4 is 21.7 Å². The molecule has 0 bridgehead atoms. The van der Waals surface area contributed by atoms with Crippen LogP contribution in [0.25, 0.3) is 6.08 Å². The third-order valence-corrected chi connectivity index (χ3v) is 13.6. The number of carbonyl (C=O) groups is 5. The summed E-state index contributed by atoms with van der Waals surface area (Å²) in [4.78, 5) is 77.1. The van der Waals surface area contributed by atoms with Crippen molar-refractivity contribution in [1.82, 2.24) is 20.9 Å². The van der Waals surface area contributed by atoms with Crippen molar-refractivity contribution in [3.63, 3.8) is 0 Å². The monoisotopic (exact) mass is 913 g/mol. The highest BCUT2D eigenvalue weighted by atomic mass is 31.2. The lowest BCUT2D eigenvalue weighted by Gasteiger charge is -2.31. The van der Waals surface area contributed by atoms with Crippen LogP contribution in [-0.4, -0.2) is 70.1 Å². The molecule has 5 atom stereocenters. The van der Waals surface area contributed by atoms with Crippen molar-refractivity contribution in [3.8, 4) is 0 Å². The third kappa shape index (κ3) is 16.8. The van der Waals surface area contributed by atoms with Crippen LogP contribution in [-0.2, 0) is 45.3 Å². The average Bonchev–Trinajstić information content (AvgIpc) is 3.64. The Kier molecular flexibility index (Phi) is 22.1. The van der Waals surface area contributed by atoms with Crippen LogP contribution in [0, 0.1) is 0 Å². The number of unbranched alkanes of at least 4 members (excludes halogenated alkanes) is 13. The molecule has 0 aliphatic carbocycles. The van der Waals surface area contributed by atoms with Crippen molar-refractivity contribution in [2.75, 3.05) is 6.61 Å². The first-order chi connectivity index (χ1) is 30.7. The van der Waals surface area contributed by atoms with E-state index in [-0.39, 0.29) is 32.0 Å². The van der Waals surface area contributed by atoms with Gasteiger partial charge in [-0.1, -0.05) is 145 Å². The smallest absolute Gasteiger partial charge is 0.370 e. The summed E-state index contributed by atoms with van der Waals surface area (Å²) in [5.74, 6) is -2.73. The highest BCUT2D eigenvalue weighted by Gasteiger charge is 2.52. The van der Waals surface area contributed by atoms with E-state index in [2.05, 4.69) is 22.9 Å². The minimum Gasteiger partial charge on any atom is -0.370 e. The summed E-state index contributed by atoms with van der Waals surface area (Å²) in [5.41, 5.74) is 1.70. The van der Waals surface area contributed by atoms with Gasteiger partial charge in [0.25, 0.3) is 0 Å². The molecule has 0 saturated carbocycles. The zero-order chi connectivity index (χ0) is 46.4. The standard InChI is InChI=1S/C48H70F2N5O8P/c1-2-3-4-5-6-7-8-9-10-11-12-13-14-18-34-63-64(61,62)48(49,50)38-27-24-36(25-28-38)26-33-44(57)53-41-23-19-22-39-29-31-42(55(39)47(41)60)46(59)54-40(30-32-43(51)56)45(58)52-35-37-20-16-15-17-21-37/h15-17,20-21,24-28,33,39-42H,2-14,18-19,22-23,29-32,34-35H2,1H3,(H2,51,56)(H,52,58)(H,53,57)(H,54,59)(H,61,62)/b33-26+/t39-,40?,41-,42-/m0/s1. The number of hydrogen-bond donors (Lipinski definition) is 5. The molecule has 0 spiro atoms. The molecular formula is C48H70F2N5O8P. The largest absolute Gasteiger partial charge is 0.401 e. The molecule has 2 fully saturated rings. The summed E-state index contributed by atoms with van der Waals surface area (Å²) >= 11 is 0. The van der Waals surface area contributed by atoms with Gasteiger partial charge in [0.05, 0.1) is 6.61 Å². The van der Waals surface area contributed by atoms with Gasteiger partial charge in [0.15, 0.2) is 0 Å². The van der Waals surface area contributed by atoms with E-state index in [0.29, 0.717) is 44.1 Å². The van der Waals surface area contributed by atoms with Crippen LogP contribution >= 0.6 is 7.60 Å². The minimum absolute atomic E-state index is 0.0296. The second kappa shape index (κ2) is 27.1. The molecule has 2 aromatic carbocycles. The zero-order valence-electron chi connectivity index (χ0n) is 37.5. The second-order valence-corrected chi connectivity index (χ2v) is 19.1. The van der Waals surface area contributed by atoms with Crippen molar-refractivity contribution in [2.45, 2.75) is 178 Å². The fourth-order valence-corrected chi connectivity index (χ4v) is 9.41. The van der Waals surface area contributed by atoms with Crippen LogP contribution in [0.2, 0.25) is 0 Å². The molecule has 5 amide bonds. The van der Waals surface area contributed by atoms with E-state index in [9.17, 15) is 33.4 Å². The van der Waals surface area contributed by atoms with Gasteiger partial charge < -0.3 is 36.0 Å². The summed E-state index contributed by atoms with van der Waals surface area (Å²) in [5, 5.41) is 8.23. The summed E-state index contributed by atoms with van der Waals surface area (Å²) in [7, 11) is -5.34. The van der Waals surface area contributed by atoms with Crippen molar-refractivity contribution < 1.29 is 46.7 Å². The van der Waals surface area contributed by atoms with E-state index in [0.717, 1.165) is 49.5 Å². The first-order valence-electron chi connectivity index (χ1n) is 23.4. The number of hydrogen-bond acceptors (Lipinski definition) is 7. The lowest BCUT2D eigenvalue weighted by molar-refractivity contribution is -0.143. The molecule has 0 radical (unpaired) electrons. The number of nitrogens with zero attached hydrogens (tertiary/aromatic N) is 1. The minimum atomic E-state index is -5.34. The maximum absolute atomic E-state index is 15.2. The molecule has 2 aromatic rings. The van der Waals surface area contributed by atoms with Crippen molar-refractivity contribution in [1.29, 1.82) is 0 Å². The van der Waals surface area contributed by atoms with Crippen LogP contribution in [0.5, 0.6) is 0 Å². The molecule has 6 N–H and O–H groups in total. The maximum atomic E-state index is 15.2. The molecule has 16 heteroatoms. The Hall–Kier alpha value is -4.46. The van der Waals surface area contributed by atoms with Gasteiger partial charge >= 0.3 is 13.3 Å². The Morgan fingerprint density at radius 3 is 2.09 bits per heavy atom. The molecule has 354 valence electrons. The average molecular weight is 914 g/mol. The van der Waals surface area contributed by atoms with E-state index >= 15 is 8.78 Å². The zero-order valence-corrected chi connectivity index (χ0v) is 38.4. The summed E-state index contributed by atoms with van der Waals surface area (Å²) < 4.78 is 47.9. The molecule has 2 unspecified atom stereocenters. The predicted octanol–water partition coefficient (Wildman–Crippen LogP) is 8.53. The summed E-state index contributed by atoms with van der Waals surface area (Å²) in [6.07, 6.45) is 20.5. The topological polar surface area (TPSA) is 197 Å². The first-order valence-corrected chi connectivity index (χ1v) is 25.0. The van der Waals surface area contributed by atoms with E-state index in [4.69, 9.17) is 10.3 Å². The molecule has 2 aliphatic heterocycles. The Morgan fingerprint density at radius 2 is 1.48 bits per heavy atom. The van der Waals surface area contributed by atoms with Crippen molar-refractivity contribution in [2.24, 2.45) is 5.73 Å². The number of nitrogens with one attached hydrogen (secondary N) is 3. The molecule has 2 heterocycles. The Bertz CT molecular complexity index is 1870. The van der Waals surface area contributed by atoms with E-state index in [1.165, 1.54) is 80.9 Å². The SMILES string of the molecule is CCCCCCCCCCCCCCCCOP(=O)(O)C(F)(F)c1ccc(/C=C/C(=O)N[C@H]2CCC[C@H]3CC[C@@H](C(=O)NC(CCC(N)=O)C(=O)NCc4ccccc4)N3C2=O)cc1. The fourth-order valence-electron chi connectivity index (χ4n) is 8.40. The van der Waals surface area contributed by atoms with E-state index in [1.54, 1.807) is 0 Å². The Labute approximate surface area is 377 Å². The predicted molar refractivity (Wildman–Crippen MR) is 244 cm³/mol. The van der Waals surface area contributed by atoms with Crippen molar-refractivity contribution >= 4 is 43.2 Å². The highest BCUT2D eigenvalue weighted by Crippen LogP contribution is 2.63. The van der Waals surface area contributed by atoms with E-state index < -0.39 is 66.5 Å². The molecule has 2 aliphatic rings.